The molecule has 1 nitrogen and oxygen atoms in total. The minimum Gasteiger partial charge on any atom is -0.301 e. The van der Waals surface area contributed by atoms with Gasteiger partial charge in [-0.05, 0) is 32.7 Å². The molecule has 0 spiro atoms. The molecule has 0 fully saturated rings. The highest BCUT2D eigenvalue weighted by Crippen LogP contribution is 2.67. The minimum absolute atomic E-state index is 0.158. The Morgan fingerprint density at radius 3 is 1.64 bits per heavy atom. The Labute approximate surface area is 156 Å². The summed E-state index contributed by atoms with van der Waals surface area (Å²) in [6.45, 7) is 3.49. The highest BCUT2D eigenvalue weighted by Gasteiger charge is 2.40. The van der Waals surface area contributed by atoms with E-state index in [1.54, 1.807) is 0 Å². The lowest BCUT2D eigenvalue weighted by molar-refractivity contribution is 0.868. The zero-order valence-corrected chi connectivity index (χ0v) is 17.8. The van der Waals surface area contributed by atoms with Crippen LogP contribution in [0, 0.1) is 0 Å². The summed E-state index contributed by atoms with van der Waals surface area (Å²) in [5.41, 5.74) is 1.83. The monoisotopic (exact) mass is 369 g/mol. The molecule has 0 aromatic heterocycles. The zero-order chi connectivity index (χ0) is 17.4. The fraction of sp³-hybridized carbons (Fsp3) is 0.455. The molecular weight excluding hydrogens is 337 g/mol. The summed E-state index contributed by atoms with van der Waals surface area (Å²) in [7, 11) is -1.38. The molecule has 3 atom stereocenters. The van der Waals surface area contributed by atoms with E-state index >= 15 is 0 Å². The molecule has 0 heterocycles. The lowest BCUT2D eigenvalue weighted by Gasteiger charge is -2.43. The van der Waals surface area contributed by atoms with Gasteiger partial charge in [0.05, 0.1) is 0 Å². The lowest BCUT2D eigenvalue weighted by atomic mass is 10.2. The summed E-state index contributed by atoms with van der Waals surface area (Å²) in [4.78, 5) is 0. The molecule has 0 radical (unpaired) electrons. The van der Waals surface area contributed by atoms with Crippen LogP contribution in [0.3, 0.4) is 0 Å². The molecule has 25 heavy (non-hydrogen) atoms. The molecule has 0 saturated heterocycles. The second-order valence-corrected chi connectivity index (χ2v) is 12.8. The molecule has 0 aromatic carbocycles. The fourth-order valence-corrected chi connectivity index (χ4v) is 10.1. The maximum atomic E-state index is 5.64. The summed E-state index contributed by atoms with van der Waals surface area (Å²) >= 11 is 0. The van der Waals surface area contributed by atoms with Crippen LogP contribution >= 0.6 is 7.05 Å². The normalized spacial score (nSPS) is 30.2. The Bertz CT molecular complexity index is 585. The Hall–Kier alpha value is -1.11. The van der Waals surface area contributed by atoms with Crippen molar-refractivity contribution in [3.63, 3.8) is 0 Å². The predicted octanol–water partition coefficient (Wildman–Crippen LogP) is 5.87. The summed E-state index contributed by atoms with van der Waals surface area (Å²) < 4.78 is 5.64. The van der Waals surface area contributed by atoms with Gasteiger partial charge in [0.15, 0.2) is 0 Å². The van der Waals surface area contributed by atoms with Crippen LogP contribution in [0.2, 0.25) is 12.6 Å². The average Bonchev–Trinajstić information content (AvgIpc) is 2.70. The van der Waals surface area contributed by atoms with Gasteiger partial charge in [-0.3, -0.25) is 0 Å². The first kappa shape index (κ1) is 18.7. The van der Waals surface area contributed by atoms with Crippen LogP contribution in [0.1, 0.15) is 25.7 Å². The smallest absolute Gasteiger partial charge is 0.0372 e. The van der Waals surface area contributed by atoms with Crippen molar-refractivity contribution >= 4 is 16.6 Å². The van der Waals surface area contributed by atoms with Crippen molar-refractivity contribution < 1.29 is 0 Å². The highest BCUT2D eigenvalue weighted by atomic mass is 31.2. The standard InChI is InChI=1S/C22H32NPSi/c1-25-19-11-18-23-24(20-12-5-2-6-13-20,21-14-7-3-8-15-21)22-16-9-4-10-17-22/h2-10,12,14,16,20-22H,11,13,15,17-19,25H2,1H3. The van der Waals surface area contributed by atoms with E-state index in [2.05, 4.69) is 79.5 Å². The predicted molar refractivity (Wildman–Crippen MR) is 118 cm³/mol. The highest BCUT2D eigenvalue weighted by molar-refractivity contribution is 7.69. The third-order valence-electron chi connectivity index (χ3n) is 5.57. The van der Waals surface area contributed by atoms with Crippen LogP contribution in [0.5, 0.6) is 0 Å². The van der Waals surface area contributed by atoms with Gasteiger partial charge >= 0.3 is 0 Å². The van der Waals surface area contributed by atoms with E-state index in [1.807, 2.05) is 0 Å². The Kier molecular flexibility index (Phi) is 7.13. The molecular formula is C22H32NPSi. The topological polar surface area (TPSA) is 12.4 Å². The summed E-state index contributed by atoms with van der Waals surface area (Å²) in [5, 5.41) is 0. The van der Waals surface area contributed by atoms with Crippen molar-refractivity contribution in [1.29, 1.82) is 0 Å². The van der Waals surface area contributed by atoms with Gasteiger partial charge in [0.2, 0.25) is 0 Å². The van der Waals surface area contributed by atoms with E-state index in [9.17, 15) is 0 Å². The molecule has 0 aromatic rings. The van der Waals surface area contributed by atoms with E-state index in [-0.39, 0.29) is 9.52 Å². The molecule has 134 valence electrons. The van der Waals surface area contributed by atoms with Gasteiger partial charge < -0.3 is 4.74 Å². The molecule has 0 saturated carbocycles. The van der Waals surface area contributed by atoms with Gasteiger partial charge in [0.25, 0.3) is 0 Å². The van der Waals surface area contributed by atoms with Gasteiger partial charge in [-0.1, -0.05) is 85.5 Å². The molecule has 3 aliphatic rings. The van der Waals surface area contributed by atoms with Crippen LogP contribution < -0.4 is 0 Å². The van der Waals surface area contributed by atoms with Crippen LogP contribution in [0.15, 0.2) is 77.7 Å². The molecule has 3 heteroatoms. The molecule has 3 rings (SSSR count). The number of allylic oxidation sites excluding steroid dienone is 12. The summed E-state index contributed by atoms with van der Waals surface area (Å²) in [6.07, 6.45) is 32.7. The first-order chi connectivity index (χ1) is 12.4. The van der Waals surface area contributed by atoms with Crippen molar-refractivity contribution in [1.82, 2.24) is 0 Å². The zero-order valence-electron chi connectivity index (χ0n) is 15.5. The largest absolute Gasteiger partial charge is 0.301 e. The molecule has 0 aliphatic heterocycles. The first-order valence-electron chi connectivity index (χ1n) is 9.95. The van der Waals surface area contributed by atoms with Crippen molar-refractivity contribution in [2.24, 2.45) is 4.74 Å². The summed E-state index contributed by atoms with van der Waals surface area (Å²) in [6, 6.07) is 1.44. The van der Waals surface area contributed by atoms with E-state index in [0.717, 1.165) is 6.54 Å². The molecule has 0 amide bonds. The van der Waals surface area contributed by atoms with E-state index < -0.39 is 7.05 Å². The maximum Gasteiger partial charge on any atom is 0.0372 e. The van der Waals surface area contributed by atoms with Gasteiger partial charge in [-0.25, -0.2) is 0 Å². The number of hydrogen-bond donors (Lipinski definition) is 0. The van der Waals surface area contributed by atoms with Crippen molar-refractivity contribution in [3.05, 3.63) is 72.9 Å². The maximum absolute atomic E-state index is 5.64. The van der Waals surface area contributed by atoms with Crippen LogP contribution in [-0.2, 0) is 0 Å². The van der Waals surface area contributed by atoms with Gasteiger partial charge in [0, 0.05) is 33.0 Å². The molecule has 0 bridgehead atoms. The summed E-state index contributed by atoms with van der Waals surface area (Å²) in [5.74, 6) is 0. The third kappa shape index (κ3) is 4.35. The minimum atomic E-state index is -1.54. The SMILES string of the molecule is C[SiH2]CCCN=P(C1C=CC=CC1)(C1C=CC=CC1)C1C=CC=CC1. The molecule has 0 N–H and O–H groups in total. The van der Waals surface area contributed by atoms with E-state index in [0.29, 0.717) is 17.0 Å². The quantitative estimate of drug-likeness (QED) is 0.302. The van der Waals surface area contributed by atoms with Crippen LogP contribution in [0.25, 0.3) is 0 Å². The van der Waals surface area contributed by atoms with Crippen molar-refractivity contribution in [3.8, 4) is 0 Å². The van der Waals surface area contributed by atoms with Crippen molar-refractivity contribution in [2.75, 3.05) is 6.54 Å². The van der Waals surface area contributed by atoms with Crippen LogP contribution in [0.4, 0.5) is 0 Å². The first-order valence-corrected chi connectivity index (χ1v) is 14.3. The Morgan fingerprint density at radius 2 is 1.28 bits per heavy atom. The second-order valence-electron chi connectivity index (χ2n) is 7.21. The van der Waals surface area contributed by atoms with E-state index in [4.69, 9.17) is 4.74 Å². The second kappa shape index (κ2) is 9.55. The Morgan fingerprint density at radius 1 is 0.800 bits per heavy atom. The van der Waals surface area contributed by atoms with Crippen molar-refractivity contribution in [2.45, 2.75) is 55.3 Å². The lowest BCUT2D eigenvalue weighted by Crippen LogP contribution is -2.26. The Balaban J connectivity index is 2.01. The molecule has 3 unspecified atom stereocenters. The van der Waals surface area contributed by atoms with Gasteiger partial charge in [-0.2, -0.15) is 0 Å². The molecule has 3 aliphatic carbocycles. The van der Waals surface area contributed by atoms with Crippen LogP contribution in [-0.4, -0.2) is 33.0 Å². The van der Waals surface area contributed by atoms with Gasteiger partial charge in [0.1, 0.15) is 0 Å². The van der Waals surface area contributed by atoms with E-state index in [1.165, 1.54) is 31.7 Å². The third-order valence-corrected chi connectivity index (χ3v) is 11.8. The van der Waals surface area contributed by atoms with Gasteiger partial charge in [-0.15, -0.1) is 0 Å². The number of nitrogens with zero attached hydrogens (tertiary/aromatic N) is 1. The number of hydrogen-bond acceptors (Lipinski definition) is 1. The average molecular weight is 370 g/mol. The fourth-order valence-electron chi connectivity index (χ4n) is 4.28. The number of rotatable bonds is 7.